The molecular formula is C17H13Cl2N7. The van der Waals surface area contributed by atoms with Crippen LogP contribution in [0.5, 0.6) is 0 Å². The van der Waals surface area contributed by atoms with E-state index >= 15 is 0 Å². The van der Waals surface area contributed by atoms with Gasteiger partial charge in [0.05, 0.1) is 6.21 Å². The lowest BCUT2D eigenvalue weighted by Crippen LogP contribution is -1.98. The fourth-order valence-corrected chi connectivity index (χ4v) is 3.18. The highest BCUT2D eigenvalue weighted by Crippen LogP contribution is 2.25. The van der Waals surface area contributed by atoms with Crippen molar-refractivity contribution in [1.82, 2.24) is 25.2 Å². The summed E-state index contributed by atoms with van der Waals surface area (Å²) in [7, 11) is 0. The third-order valence-electron chi connectivity index (χ3n) is 3.89. The average molecular weight is 386 g/mol. The second-order valence-electron chi connectivity index (χ2n) is 5.57. The van der Waals surface area contributed by atoms with E-state index in [4.69, 9.17) is 23.2 Å². The highest BCUT2D eigenvalue weighted by molar-refractivity contribution is 6.35. The Balaban J connectivity index is 1.66. The van der Waals surface area contributed by atoms with E-state index < -0.39 is 0 Å². The maximum absolute atomic E-state index is 6.32. The van der Waals surface area contributed by atoms with Gasteiger partial charge in [0, 0.05) is 39.3 Å². The summed E-state index contributed by atoms with van der Waals surface area (Å²) in [5.74, 6) is 0.304. The van der Waals surface area contributed by atoms with Gasteiger partial charge >= 0.3 is 0 Å². The van der Waals surface area contributed by atoms with Gasteiger partial charge in [-0.25, -0.2) is 5.43 Å². The van der Waals surface area contributed by atoms with Crippen LogP contribution in [0.3, 0.4) is 0 Å². The van der Waals surface area contributed by atoms with Crippen LogP contribution in [0.15, 0.2) is 53.8 Å². The van der Waals surface area contributed by atoms with Crippen LogP contribution < -0.4 is 5.43 Å². The number of anilines is 1. The molecule has 130 valence electrons. The van der Waals surface area contributed by atoms with Gasteiger partial charge in [-0.3, -0.25) is 0 Å². The third kappa shape index (κ3) is 3.40. The molecule has 0 spiro atoms. The lowest BCUT2D eigenvalue weighted by Gasteiger charge is -2.08. The van der Waals surface area contributed by atoms with Crippen molar-refractivity contribution < 1.29 is 0 Å². The molecule has 0 amide bonds. The third-order valence-corrected chi connectivity index (χ3v) is 4.48. The summed E-state index contributed by atoms with van der Waals surface area (Å²) in [5, 5.41) is 19.9. The van der Waals surface area contributed by atoms with E-state index in [1.807, 2.05) is 36.5 Å². The zero-order valence-corrected chi connectivity index (χ0v) is 14.9. The van der Waals surface area contributed by atoms with Crippen LogP contribution in [-0.2, 0) is 6.54 Å². The number of hydrazone groups is 1. The molecule has 2 aromatic heterocycles. The van der Waals surface area contributed by atoms with Gasteiger partial charge in [0.1, 0.15) is 0 Å². The Labute approximate surface area is 158 Å². The maximum atomic E-state index is 6.32. The minimum Gasteiger partial charge on any atom is -0.342 e. The predicted molar refractivity (Wildman–Crippen MR) is 103 cm³/mol. The Kier molecular flexibility index (Phi) is 4.55. The summed E-state index contributed by atoms with van der Waals surface area (Å²) in [6.45, 7) is 0.628. The molecule has 0 saturated heterocycles. The fraction of sp³-hybridized carbons (Fsp3) is 0.0588. The molecule has 4 aromatic rings. The second kappa shape index (κ2) is 7.15. The molecule has 9 heteroatoms. The molecule has 4 rings (SSSR count). The SMILES string of the molecule is Clc1ccc(Cn2cc(/C=N/Nc3nn[nH]n3)c3ccccc32)c(Cl)c1. The molecule has 0 saturated carbocycles. The van der Waals surface area contributed by atoms with E-state index in [9.17, 15) is 0 Å². The number of halogens is 2. The summed E-state index contributed by atoms with van der Waals surface area (Å²) in [6, 6.07) is 13.6. The van der Waals surface area contributed by atoms with Crippen LogP contribution in [0, 0.1) is 0 Å². The van der Waals surface area contributed by atoms with Crippen LogP contribution in [0.2, 0.25) is 10.0 Å². The zero-order valence-electron chi connectivity index (χ0n) is 13.4. The first kappa shape index (κ1) is 16.6. The number of para-hydroxylation sites is 1. The zero-order chi connectivity index (χ0) is 17.9. The first-order valence-electron chi connectivity index (χ1n) is 7.75. The van der Waals surface area contributed by atoms with Gasteiger partial charge in [0.2, 0.25) is 0 Å². The van der Waals surface area contributed by atoms with E-state index in [1.165, 1.54) is 0 Å². The van der Waals surface area contributed by atoms with Crippen LogP contribution >= 0.6 is 23.2 Å². The molecule has 2 N–H and O–H groups in total. The number of aromatic amines is 1. The lowest BCUT2D eigenvalue weighted by atomic mass is 10.2. The van der Waals surface area contributed by atoms with E-state index in [0.717, 1.165) is 22.0 Å². The van der Waals surface area contributed by atoms with Gasteiger partial charge < -0.3 is 4.57 Å². The molecule has 0 aliphatic rings. The van der Waals surface area contributed by atoms with Crippen molar-refractivity contribution in [2.45, 2.75) is 6.54 Å². The number of nitrogens with zero attached hydrogens (tertiary/aromatic N) is 5. The van der Waals surface area contributed by atoms with E-state index in [2.05, 4.69) is 41.8 Å². The van der Waals surface area contributed by atoms with E-state index in [-0.39, 0.29) is 0 Å². The number of benzene rings is 2. The summed E-state index contributed by atoms with van der Waals surface area (Å²) >= 11 is 12.3. The lowest BCUT2D eigenvalue weighted by molar-refractivity contribution is 0.836. The standard InChI is InChI=1S/C17H13Cl2N7/c18-13-6-5-11(15(19)7-13)9-26-10-12(14-3-1-2-4-16(14)26)8-20-21-17-22-24-25-23-17/h1-8,10H,9H2,(H2,21,22,23,24,25)/b20-8+. The summed E-state index contributed by atoms with van der Waals surface area (Å²) in [4.78, 5) is 0. The normalized spacial score (nSPS) is 11.5. The number of fused-ring (bicyclic) bond motifs is 1. The largest absolute Gasteiger partial charge is 0.342 e. The van der Waals surface area contributed by atoms with Crippen LogP contribution in [-0.4, -0.2) is 31.4 Å². The number of hydrogen-bond acceptors (Lipinski definition) is 5. The number of hydrogen-bond donors (Lipinski definition) is 2. The van der Waals surface area contributed by atoms with Gasteiger partial charge in [0.25, 0.3) is 5.95 Å². The number of H-pyrrole nitrogens is 1. The van der Waals surface area contributed by atoms with Crippen molar-refractivity contribution in [3.63, 3.8) is 0 Å². The highest BCUT2D eigenvalue weighted by Gasteiger charge is 2.09. The Bertz CT molecular complexity index is 1070. The first-order chi connectivity index (χ1) is 12.7. The second-order valence-corrected chi connectivity index (χ2v) is 6.41. The van der Waals surface area contributed by atoms with Crippen LogP contribution in [0.25, 0.3) is 10.9 Å². The van der Waals surface area contributed by atoms with Crippen molar-refractivity contribution in [2.75, 3.05) is 5.43 Å². The van der Waals surface area contributed by atoms with Crippen molar-refractivity contribution in [3.8, 4) is 0 Å². The quantitative estimate of drug-likeness (QED) is 0.402. The van der Waals surface area contributed by atoms with Crippen molar-refractivity contribution >= 4 is 46.3 Å². The Morgan fingerprint density at radius 2 is 2.08 bits per heavy atom. The van der Waals surface area contributed by atoms with Gasteiger partial charge in [-0.05, 0) is 29.0 Å². The van der Waals surface area contributed by atoms with Gasteiger partial charge in [0.15, 0.2) is 0 Å². The smallest absolute Gasteiger partial charge is 0.283 e. The molecule has 2 aromatic carbocycles. The fourth-order valence-electron chi connectivity index (χ4n) is 2.71. The van der Waals surface area contributed by atoms with E-state index in [1.54, 1.807) is 12.3 Å². The summed E-state index contributed by atoms with van der Waals surface area (Å²) < 4.78 is 2.13. The van der Waals surface area contributed by atoms with Crippen molar-refractivity contribution in [1.29, 1.82) is 0 Å². The molecule has 0 atom stereocenters. The number of tetrazole rings is 1. The Hall–Kier alpha value is -2.90. The number of nitrogens with one attached hydrogen (secondary N) is 2. The minimum atomic E-state index is 0.304. The molecule has 2 heterocycles. The Morgan fingerprint density at radius 1 is 1.19 bits per heavy atom. The molecule has 0 aliphatic carbocycles. The summed E-state index contributed by atoms with van der Waals surface area (Å²) in [5.41, 5.74) is 5.75. The molecule has 0 aliphatic heterocycles. The van der Waals surface area contributed by atoms with Crippen molar-refractivity contribution in [2.24, 2.45) is 5.10 Å². The average Bonchev–Trinajstić information content (AvgIpc) is 3.26. The van der Waals surface area contributed by atoms with Crippen LogP contribution in [0.1, 0.15) is 11.1 Å². The topological polar surface area (TPSA) is 83.8 Å². The Morgan fingerprint density at radius 3 is 2.88 bits per heavy atom. The molecule has 7 nitrogen and oxygen atoms in total. The molecule has 0 fully saturated rings. The predicted octanol–water partition coefficient (Wildman–Crippen LogP) is 3.96. The molecule has 0 unspecified atom stereocenters. The van der Waals surface area contributed by atoms with Crippen molar-refractivity contribution in [3.05, 3.63) is 69.8 Å². The molecule has 26 heavy (non-hydrogen) atoms. The van der Waals surface area contributed by atoms with Gasteiger partial charge in [-0.1, -0.05) is 52.6 Å². The molecule has 0 radical (unpaired) electrons. The number of rotatable bonds is 5. The molecule has 0 bridgehead atoms. The van der Waals surface area contributed by atoms with Gasteiger partial charge in [-0.2, -0.15) is 10.3 Å². The monoisotopic (exact) mass is 385 g/mol. The summed E-state index contributed by atoms with van der Waals surface area (Å²) in [6.07, 6.45) is 3.75. The maximum Gasteiger partial charge on any atom is 0.283 e. The number of aromatic nitrogens is 5. The van der Waals surface area contributed by atoms with Gasteiger partial charge in [-0.15, -0.1) is 5.10 Å². The minimum absolute atomic E-state index is 0.304. The van der Waals surface area contributed by atoms with E-state index in [0.29, 0.717) is 22.5 Å². The van der Waals surface area contributed by atoms with Crippen LogP contribution in [0.4, 0.5) is 5.95 Å². The highest BCUT2D eigenvalue weighted by atomic mass is 35.5. The molecular weight excluding hydrogens is 373 g/mol. The first-order valence-corrected chi connectivity index (χ1v) is 8.50.